The van der Waals surface area contributed by atoms with Crippen LogP contribution in [0.25, 0.3) is 0 Å². The molecule has 0 unspecified atom stereocenters. The first-order valence-electron chi connectivity index (χ1n) is 5.55. The van der Waals surface area contributed by atoms with Crippen molar-refractivity contribution < 1.29 is 17.7 Å². The smallest absolute Gasteiger partial charge is 0.323 e. The zero-order valence-electron chi connectivity index (χ0n) is 10.2. The van der Waals surface area contributed by atoms with Crippen LogP contribution in [0.5, 0.6) is 0 Å². The van der Waals surface area contributed by atoms with Gasteiger partial charge in [0.15, 0.2) is 15.7 Å². The number of carbonyl (C=O) groups is 1. The lowest BCUT2D eigenvalue weighted by molar-refractivity contribution is 0.208. The van der Waals surface area contributed by atoms with Crippen molar-refractivity contribution in [2.45, 2.75) is 19.4 Å². The molecule has 8 heteroatoms. The largest absolute Gasteiger partial charge is 0.360 e. The summed E-state index contributed by atoms with van der Waals surface area (Å²) in [5.41, 5.74) is 0. The third-order valence-electron chi connectivity index (χ3n) is 2.94. The predicted molar refractivity (Wildman–Crippen MR) is 65.1 cm³/mol. The summed E-state index contributed by atoms with van der Waals surface area (Å²) in [5, 5.41) is 6.20. The van der Waals surface area contributed by atoms with E-state index in [9.17, 15) is 13.2 Å². The van der Waals surface area contributed by atoms with Crippen LogP contribution < -0.4 is 5.32 Å². The van der Waals surface area contributed by atoms with Gasteiger partial charge in [0.25, 0.3) is 0 Å². The third-order valence-corrected chi connectivity index (χ3v) is 4.69. The predicted octanol–water partition coefficient (Wildman–Crippen LogP) is 0.634. The van der Waals surface area contributed by atoms with Gasteiger partial charge in [0.05, 0.1) is 11.5 Å². The summed E-state index contributed by atoms with van der Waals surface area (Å²) in [5.74, 6) is 1.08. The van der Waals surface area contributed by atoms with Crippen molar-refractivity contribution in [3.63, 3.8) is 0 Å². The zero-order chi connectivity index (χ0) is 13.3. The van der Waals surface area contributed by atoms with Crippen LogP contribution in [0.4, 0.5) is 10.6 Å². The summed E-state index contributed by atoms with van der Waals surface area (Å²) in [6.45, 7) is 1.72. The number of carbonyl (C=O) groups excluding carboxylic acids is 1. The second-order valence-electron chi connectivity index (χ2n) is 4.42. The second-order valence-corrected chi connectivity index (χ2v) is 6.65. The van der Waals surface area contributed by atoms with Crippen molar-refractivity contribution in [2.75, 3.05) is 23.9 Å². The number of sulfone groups is 1. The minimum absolute atomic E-state index is 0.0226. The van der Waals surface area contributed by atoms with Gasteiger partial charge in [-0.3, -0.25) is 5.32 Å². The fourth-order valence-corrected chi connectivity index (χ4v) is 3.64. The number of aryl methyl sites for hydroxylation is 1. The summed E-state index contributed by atoms with van der Waals surface area (Å²) >= 11 is 0. The van der Waals surface area contributed by atoms with Gasteiger partial charge < -0.3 is 9.42 Å². The van der Waals surface area contributed by atoms with E-state index in [0.717, 1.165) is 0 Å². The van der Waals surface area contributed by atoms with E-state index in [2.05, 4.69) is 10.5 Å². The molecule has 1 aliphatic heterocycles. The summed E-state index contributed by atoms with van der Waals surface area (Å²) in [4.78, 5) is 13.3. The maximum Gasteiger partial charge on any atom is 0.323 e. The molecule has 2 rings (SSSR count). The molecule has 0 aromatic carbocycles. The molecule has 0 spiro atoms. The molecule has 18 heavy (non-hydrogen) atoms. The Morgan fingerprint density at radius 1 is 1.61 bits per heavy atom. The lowest BCUT2D eigenvalue weighted by Gasteiger charge is -2.22. The molecule has 1 N–H and O–H groups in total. The molecule has 1 aromatic rings. The van der Waals surface area contributed by atoms with Crippen LogP contribution >= 0.6 is 0 Å². The molecule has 1 aromatic heterocycles. The SMILES string of the molecule is Cc1cc(NC(=O)N(C)[C@H]2CCS(=O)(=O)C2)no1. The van der Waals surface area contributed by atoms with Crippen molar-refractivity contribution in [2.24, 2.45) is 0 Å². The first kappa shape index (κ1) is 12.9. The summed E-state index contributed by atoms with van der Waals surface area (Å²) in [6.07, 6.45) is 0.476. The fraction of sp³-hybridized carbons (Fsp3) is 0.600. The molecule has 1 atom stereocenters. The molecule has 0 radical (unpaired) electrons. The number of aromatic nitrogens is 1. The van der Waals surface area contributed by atoms with E-state index in [1.165, 1.54) is 4.90 Å². The van der Waals surface area contributed by atoms with Crippen molar-refractivity contribution in [1.29, 1.82) is 0 Å². The molecule has 1 aliphatic rings. The number of hydrogen-bond donors (Lipinski definition) is 1. The highest BCUT2D eigenvalue weighted by atomic mass is 32.2. The van der Waals surface area contributed by atoms with Gasteiger partial charge in [0, 0.05) is 19.2 Å². The number of nitrogens with zero attached hydrogens (tertiary/aromatic N) is 2. The molecular formula is C10H15N3O4S. The zero-order valence-corrected chi connectivity index (χ0v) is 11.0. The molecule has 2 heterocycles. The Hall–Kier alpha value is -1.57. The Morgan fingerprint density at radius 3 is 2.83 bits per heavy atom. The topological polar surface area (TPSA) is 92.5 Å². The molecule has 0 saturated carbocycles. The van der Waals surface area contributed by atoms with Gasteiger partial charge in [0.1, 0.15) is 5.76 Å². The molecule has 100 valence electrons. The van der Waals surface area contributed by atoms with E-state index in [-0.39, 0.29) is 23.6 Å². The van der Waals surface area contributed by atoms with E-state index < -0.39 is 9.84 Å². The van der Waals surface area contributed by atoms with Gasteiger partial charge in [-0.25, -0.2) is 13.2 Å². The van der Waals surface area contributed by atoms with Crippen molar-refractivity contribution in [3.8, 4) is 0 Å². The molecular weight excluding hydrogens is 258 g/mol. The van der Waals surface area contributed by atoms with Crippen molar-refractivity contribution >= 4 is 21.7 Å². The normalized spacial score (nSPS) is 21.8. The highest BCUT2D eigenvalue weighted by Gasteiger charge is 2.32. The summed E-state index contributed by atoms with van der Waals surface area (Å²) in [6, 6.07) is 0.935. The maximum absolute atomic E-state index is 11.9. The van der Waals surface area contributed by atoms with Gasteiger partial charge in [-0.15, -0.1) is 0 Å². The van der Waals surface area contributed by atoms with Crippen LogP contribution in [0.2, 0.25) is 0 Å². The number of hydrogen-bond acceptors (Lipinski definition) is 5. The van der Waals surface area contributed by atoms with Gasteiger partial charge in [0.2, 0.25) is 0 Å². The van der Waals surface area contributed by atoms with E-state index in [1.54, 1.807) is 20.0 Å². The van der Waals surface area contributed by atoms with E-state index in [1.807, 2.05) is 0 Å². The first-order valence-corrected chi connectivity index (χ1v) is 7.37. The van der Waals surface area contributed by atoms with Crippen LogP contribution in [0.15, 0.2) is 10.6 Å². The van der Waals surface area contributed by atoms with Crippen LogP contribution in [0.3, 0.4) is 0 Å². The fourth-order valence-electron chi connectivity index (χ4n) is 1.87. The Labute approximate surface area is 105 Å². The molecule has 1 fully saturated rings. The Kier molecular flexibility index (Phi) is 3.29. The van der Waals surface area contributed by atoms with E-state index in [0.29, 0.717) is 18.0 Å². The highest BCUT2D eigenvalue weighted by Crippen LogP contribution is 2.17. The first-order chi connectivity index (χ1) is 8.37. The molecule has 2 amide bonds. The highest BCUT2D eigenvalue weighted by molar-refractivity contribution is 7.91. The number of anilines is 1. The van der Waals surface area contributed by atoms with Gasteiger partial charge in [-0.1, -0.05) is 5.16 Å². The standard InChI is InChI=1S/C10H15N3O4S/c1-7-5-9(12-17-7)11-10(14)13(2)8-3-4-18(15,16)6-8/h5,8H,3-4,6H2,1-2H3,(H,11,12,14)/t8-/m0/s1. The Balaban J connectivity index is 1.97. The average molecular weight is 273 g/mol. The van der Waals surface area contributed by atoms with Gasteiger partial charge in [-0.05, 0) is 13.3 Å². The molecule has 7 nitrogen and oxygen atoms in total. The van der Waals surface area contributed by atoms with Crippen molar-refractivity contribution in [1.82, 2.24) is 10.1 Å². The number of urea groups is 1. The molecule has 0 aliphatic carbocycles. The summed E-state index contributed by atoms with van der Waals surface area (Å²) in [7, 11) is -1.42. The summed E-state index contributed by atoms with van der Waals surface area (Å²) < 4.78 is 27.5. The third kappa shape index (κ3) is 2.81. The number of rotatable bonds is 2. The van der Waals surface area contributed by atoms with Crippen LogP contribution in [0, 0.1) is 6.92 Å². The van der Waals surface area contributed by atoms with Crippen molar-refractivity contribution in [3.05, 3.63) is 11.8 Å². The minimum Gasteiger partial charge on any atom is -0.360 e. The maximum atomic E-state index is 11.9. The lowest BCUT2D eigenvalue weighted by Crippen LogP contribution is -2.40. The van der Waals surface area contributed by atoms with Crippen LogP contribution in [0.1, 0.15) is 12.2 Å². The Bertz CT molecular complexity index is 551. The lowest BCUT2D eigenvalue weighted by atomic mass is 10.2. The number of nitrogens with one attached hydrogen (secondary N) is 1. The monoisotopic (exact) mass is 273 g/mol. The minimum atomic E-state index is -3.00. The van der Waals surface area contributed by atoms with Crippen LogP contribution in [-0.4, -0.2) is 49.1 Å². The van der Waals surface area contributed by atoms with Crippen LogP contribution in [-0.2, 0) is 9.84 Å². The quantitative estimate of drug-likeness (QED) is 0.853. The van der Waals surface area contributed by atoms with Gasteiger partial charge >= 0.3 is 6.03 Å². The number of amides is 2. The molecule has 0 bridgehead atoms. The molecule has 1 saturated heterocycles. The average Bonchev–Trinajstić information content (AvgIpc) is 2.83. The second kappa shape index (κ2) is 4.60. The Morgan fingerprint density at radius 2 is 2.33 bits per heavy atom. The van der Waals surface area contributed by atoms with E-state index >= 15 is 0 Å². The van der Waals surface area contributed by atoms with E-state index in [4.69, 9.17) is 4.52 Å². The van der Waals surface area contributed by atoms with Gasteiger partial charge in [-0.2, -0.15) is 0 Å².